The van der Waals surface area contributed by atoms with Crippen LogP contribution in [0.1, 0.15) is 21.5 Å². The van der Waals surface area contributed by atoms with E-state index >= 15 is 0 Å². The van der Waals surface area contributed by atoms with E-state index in [9.17, 15) is 9.59 Å². The minimum Gasteiger partial charge on any atom is -0.468 e. The molecule has 2 aromatic heterocycles. The highest BCUT2D eigenvalue weighted by molar-refractivity contribution is 6.30. The van der Waals surface area contributed by atoms with Gasteiger partial charge in [-0.3, -0.25) is 9.59 Å². The third kappa shape index (κ3) is 4.95. The molecule has 7 nitrogen and oxygen atoms in total. The molecule has 2 heterocycles. The van der Waals surface area contributed by atoms with Crippen molar-refractivity contribution in [2.24, 2.45) is 0 Å². The quantitative estimate of drug-likeness (QED) is 0.400. The van der Waals surface area contributed by atoms with Gasteiger partial charge in [-0.15, -0.1) is 0 Å². The topological polar surface area (TPSA) is 77.3 Å². The van der Waals surface area contributed by atoms with Crippen LogP contribution >= 0.6 is 11.6 Å². The zero-order chi connectivity index (χ0) is 22.5. The molecule has 0 spiro atoms. The van der Waals surface area contributed by atoms with Crippen LogP contribution in [0.3, 0.4) is 0 Å². The number of hydrogen-bond donors (Lipinski definition) is 0. The Hall–Kier alpha value is -3.71. The van der Waals surface area contributed by atoms with Gasteiger partial charge >= 0.3 is 5.97 Å². The number of amides is 1. The first-order chi connectivity index (χ1) is 15.5. The molecule has 4 aromatic rings. The summed E-state index contributed by atoms with van der Waals surface area (Å²) in [6, 6.07) is 18.8. The minimum absolute atomic E-state index is 0.177. The second-order valence-corrected chi connectivity index (χ2v) is 7.72. The lowest BCUT2D eigenvalue weighted by atomic mass is 10.1. The van der Waals surface area contributed by atoms with Gasteiger partial charge in [0.15, 0.2) is 5.65 Å². The van der Waals surface area contributed by atoms with Crippen molar-refractivity contribution in [2.45, 2.75) is 13.1 Å². The summed E-state index contributed by atoms with van der Waals surface area (Å²) in [7, 11) is 1.29. The van der Waals surface area contributed by atoms with Crippen LogP contribution in [0, 0.1) is 0 Å². The Kier molecular flexibility index (Phi) is 6.47. The van der Waals surface area contributed by atoms with Crippen LogP contribution in [0.5, 0.6) is 0 Å². The minimum atomic E-state index is -0.503. The van der Waals surface area contributed by atoms with Gasteiger partial charge in [0.1, 0.15) is 6.54 Å². The van der Waals surface area contributed by atoms with Crippen molar-refractivity contribution in [3.05, 3.63) is 94.8 Å². The lowest BCUT2D eigenvalue weighted by molar-refractivity contribution is -0.141. The Bertz CT molecular complexity index is 1240. The number of hydrogen-bond acceptors (Lipinski definition) is 5. The van der Waals surface area contributed by atoms with Crippen LogP contribution in [-0.2, 0) is 22.6 Å². The number of nitrogens with zero attached hydrogens (tertiary/aromatic N) is 4. The van der Waals surface area contributed by atoms with Crippen molar-refractivity contribution in [3.8, 4) is 0 Å². The molecule has 0 aliphatic rings. The van der Waals surface area contributed by atoms with Gasteiger partial charge in [-0.25, -0.2) is 9.67 Å². The third-order valence-electron chi connectivity index (χ3n) is 5.02. The first kappa shape index (κ1) is 21.5. The van der Waals surface area contributed by atoms with Crippen molar-refractivity contribution < 1.29 is 14.3 Å². The van der Waals surface area contributed by atoms with Crippen LogP contribution in [-0.4, -0.2) is 45.2 Å². The maximum Gasteiger partial charge on any atom is 0.325 e. The molecule has 0 saturated heterocycles. The van der Waals surface area contributed by atoms with Crippen LogP contribution in [0.2, 0.25) is 5.02 Å². The molecule has 0 radical (unpaired) electrons. The molecule has 0 atom stereocenters. The van der Waals surface area contributed by atoms with E-state index in [1.807, 2.05) is 42.5 Å². The average Bonchev–Trinajstić information content (AvgIpc) is 3.22. The van der Waals surface area contributed by atoms with E-state index < -0.39 is 5.97 Å². The highest BCUT2D eigenvalue weighted by atomic mass is 35.5. The van der Waals surface area contributed by atoms with Crippen molar-refractivity contribution >= 4 is 34.5 Å². The second kappa shape index (κ2) is 9.62. The predicted molar refractivity (Wildman–Crippen MR) is 121 cm³/mol. The third-order valence-corrected chi connectivity index (χ3v) is 5.27. The monoisotopic (exact) mass is 448 g/mol. The van der Waals surface area contributed by atoms with E-state index in [-0.39, 0.29) is 19.0 Å². The molecule has 0 bridgehead atoms. The molecule has 0 fully saturated rings. The number of ether oxygens (including phenoxy) is 1. The number of esters is 1. The lowest BCUT2D eigenvalue weighted by Gasteiger charge is -2.21. The maximum atomic E-state index is 13.2. The fourth-order valence-corrected chi connectivity index (χ4v) is 3.50. The first-order valence-corrected chi connectivity index (χ1v) is 10.4. The number of carbonyl (C=O) groups is 2. The molecule has 0 N–H and O–H groups in total. The Morgan fingerprint density at radius 3 is 2.50 bits per heavy atom. The molecule has 2 aromatic carbocycles. The number of carbonyl (C=O) groups excluding carboxylic acids is 2. The number of halogens is 1. The van der Waals surface area contributed by atoms with E-state index in [4.69, 9.17) is 16.3 Å². The smallest absolute Gasteiger partial charge is 0.325 e. The Balaban J connectivity index is 1.58. The number of fused-ring (bicyclic) bond motifs is 1. The maximum absolute atomic E-state index is 13.2. The lowest BCUT2D eigenvalue weighted by Crippen LogP contribution is -2.35. The summed E-state index contributed by atoms with van der Waals surface area (Å²) in [5.41, 5.74) is 3.00. The Morgan fingerprint density at radius 2 is 1.78 bits per heavy atom. The van der Waals surface area contributed by atoms with Gasteiger partial charge in [-0.05, 0) is 29.3 Å². The fourth-order valence-electron chi connectivity index (χ4n) is 3.37. The van der Waals surface area contributed by atoms with E-state index in [0.717, 1.165) is 16.5 Å². The van der Waals surface area contributed by atoms with E-state index in [0.29, 0.717) is 22.8 Å². The molecule has 1 amide bonds. The molecule has 0 saturated carbocycles. The van der Waals surface area contributed by atoms with Gasteiger partial charge in [0.2, 0.25) is 0 Å². The summed E-state index contributed by atoms with van der Waals surface area (Å²) in [5.74, 6) is -0.826. The molecule has 0 aliphatic carbocycles. The molecular formula is C24H21ClN4O3. The SMILES string of the molecule is COC(=O)CN(Cc1ccc(Cl)cc1)C(=O)c1cnc2c(cnn2Cc2ccccc2)c1. The summed E-state index contributed by atoms with van der Waals surface area (Å²) in [6.45, 7) is 0.634. The molecule has 8 heteroatoms. The summed E-state index contributed by atoms with van der Waals surface area (Å²) < 4.78 is 6.56. The Morgan fingerprint density at radius 1 is 1.03 bits per heavy atom. The zero-order valence-corrected chi connectivity index (χ0v) is 18.2. The highest BCUT2D eigenvalue weighted by Gasteiger charge is 2.21. The van der Waals surface area contributed by atoms with Gasteiger partial charge in [0, 0.05) is 23.2 Å². The molecule has 162 valence electrons. The predicted octanol–water partition coefficient (Wildman–Crippen LogP) is 3.95. The molecule has 0 aliphatic heterocycles. The van der Waals surface area contributed by atoms with Crippen LogP contribution in [0.15, 0.2) is 73.1 Å². The number of rotatable bonds is 7. The number of benzene rings is 2. The average molecular weight is 449 g/mol. The first-order valence-electron chi connectivity index (χ1n) is 9.99. The van der Waals surface area contributed by atoms with Crippen LogP contribution in [0.25, 0.3) is 11.0 Å². The van der Waals surface area contributed by atoms with Gasteiger partial charge in [-0.1, -0.05) is 54.1 Å². The van der Waals surface area contributed by atoms with Gasteiger partial charge < -0.3 is 9.64 Å². The van der Waals surface area contributed by atoms with E-state index in [2.05, 4.69) is 10.1 Å². The Labute approximate surface area is 190 Å². The van der Waals surface area contributed by atoms with Gasteiger partial charge in [0.25, 0.3) is 5.91 Å². The largest absolute Gasteiger partial charge is 0.468 e. The number of methoxy groups -OCH3 is 1. The standard InChI is InChI=1S/C24H21ClN4O3/c1-32-22(30)16-28(14-18-7-9-21(25)10-8-18)24(31)20-11-19-13-27-29(23(19)26-12-20)15-17-5-3-2-4-6-17/h2-13H,14-16H2,1H3. The van der Waals surface area contributed by atoms with Crippen molar-refractivity contribution in [2.75, 3.05) is 13.7 Å². The van der Waals surface area contributed by atoms with Crippen LogP contribution < -0.4 is 0 Å². The van der Waals surface area contributed by atoms with Crippen molar-refractivity contribution in [1.29, 1.82) is 0 Å². The second-order valence-electron chi connectivity index (χ2n) is 7.29. The molecular weight excluding hydrogens is 428 g/mol. The summed E-state index contributed by atoms with van der Waals surface area (Å²) in [6.07, 6.45) is 3.20. The highest BCUT2D eigenvalue weighted by Crippen LogP contribution is 2.18. The fraction of sp³-hybridized carbons (Fsp3) is 0.167. The van der Waals surface area contributed by atoms with Crippen molar-refractivity contribution in [3.63, 3.8) is 0 Å². The van der Waals surface area contributed by atoms with Crippen LogP contribution in [0.4, 0.5) is 0 Å². The molecule has 32 heavy (non-hydrogen) atoms. The zero-order valence-electron chi connectivity index (χ0n) is 17.4. The van der Waals surface area contributed by atoms with E-state index in [1.165, 1.54) is 18.2 Å². The summed E-state index contributed by atoms with van der Waals surface area (Å²) >= 11 is 5.95. The summed E-state index contributed by atoms with van der Waals surface area (Å²) in [4.78, 5) is 31.1. The van der Waals surface area contributed by atoms with E-state index in [1.54, 1.807) is 29.1 Å². The number of aromatic nitrogens is 3. The van der Waals surface area contributed by atoms with Gasteiger partial charge in [0.05, 0.1) is 25.4 Å². The summed E-state index contributed by atoms with van der Waals surface area (Å²) in [5, 5.41) is 5.76. The molecule has 4 rings (SSSR count). The normalized spacial score (nSPS) is 10.8. The molecule has 0 unspecified atom stereocenters. The van der Waals surface area contributed by atoms with Crippen molar-refractivity contribution in [1.82, 2.24) is 19.7 Å². The van der Waals surface area contributed by atoms with Gasteiger partial charge in [-0.2, -0.15) is 5.10 Å². The number of pyridine rings is 1.